The molecule has 0 aliphatic heterocycles. The average Bonchev–Trinajstić information content (AvgIpc) is 2.44. The zero-order valence-corrected chi connectivity index (χ0v) is 13.9. The SMILES string of the molecule is C=CCn1ncc(N(CCC)CC(C)(C)CN)c(Cl)c1=O. The molecule has 1 aromatic heterocycles. The van der Waals surface area contributed by atoms with E-state index in [-0.39, 0.29) is 16.0 Å². The highest BCUT2D eigenvalue weighted by molar-refractivity contribution is 6.33. The Morgan fingerprint density at radius 1 is 1.57 bits per heavy atom. The number of hydrogen-bond acceptors (Lipinski definition) is 4. The van der Waals surface area contributed by atoms with Crippen LogP contribution < -0.4 is 16.2 Å². The van der Waals surface area contributed by atoms with Crippen molar-refractivity contribution in [3.05, 3.63) is 34.2 Å². The summed E-state index contributed by atoms with van der Waals surface area (Å²) in [7, 11) is 0. The Labute approximate surface area is 131 Å². The molecule has 0 saturated carbocycles. The van der Waals surface area contributed by atoms with Gasteiger partial charge in [0.05, 0.1) is 18.4 Å². The van der Waals surface area contributed by atoms with Crippen molar-refractivity contribution >= 4 is 17.3 Å². The number of aromatic nitrogens is 2. The summed E-state index contributed by atoms with van der Waals surface area (Å²) < 4.78 is 1.30. The third-order valence-electron chi connectivity index (χ3n) is 3.27. The van der Waals surface area contributed by atoms with Crippen LogP contribution >= 0.6 is 11.6 Å². The van der Waals surface area contributed by atoms with E-state index in [2.05, 4.69) is 37.3 Å². The van der Waals surface area contributed by atoms with Gasteiger partial charge in [-0.15, -0.1) is 6.58 Å². The summed E-state index contributed by atoms with van der Waals surface area (Å²) in [5.74, 6) is 0. The lowest BCUT2D eigenvalue weighted by Gasteiger charge is -2.33. The lowest BCUT2D eigenvalue weighted by molar-refractivity contribution is 0.377. The molecule has 0 aliphatic rings. The summed E-state index contributed by atoms with van der Waals surface area (Å²) in [4.78, 5) is 14.3. The fraction of sp³-hybridized carbons (Fsp3) is 0.600. The van der Waals surface area contributed by atoms with Crippen LogP contribution in [0.25, 0.3) is 0 Å². The predicted molar refractivity (Wildman–Crippen MR) is 89.0 cm³/mol. The van der Waals surface area contributed by atoms with E-state index in [4.69, 9.17) is 17.3 Å². The topological polar surface area (TPSA) is 64.2 Å². The van der Waals surface area contributed by atoms with Gasteiger partial charge < -0.3 is 10.6 Å². The van der Waals surface area contributed by atoms with Gasteiger partial charge in [0.15, 0.2) is 0 Å². The maximum atomic E-state index is 12.2. The first-order valence-corrected chi connectivity index (χ1v) is 7.55. The molecule has 1 aromatic rings. The lowest BCUT2D eigenvalue weighted by atomic mass is 9.93. The van der Waals surface area contributed by atoms with E-state index in [1.54, 1.807) is 12.3 Å². The molecule has 21 heavy (non-hydrogen) atoms. The monoisotopic (exact) mass is 312 g/mol. The van der Waals surface area contributed by atoms with Gasteiger partial charge in [0.1, 0.15) is 5.02 Å². The third kappa shape index (κ3) is 4.58. The summed E-state index contributed by atoms with van der Waals surface area (Å²) in [6, 6.07) is 0. The highest BCUT2D eigenvalue weighted by Crippen LogP contribution is 2.25. The largest absolute Gasteiger partial charge is 0.368 e. The van der Waals surface area contributed by atoms with Crippen LogP contribution in [0, 0.1) is 5.41 Å². The number of nitrogens with two attached hydrogens (primary N) is 1. The van der Waals surface area contributed by atoms with Gasteiger partial charge in [0, 0.05) is 13.1 Å². The van der Waals surface area contributed by atoms with Gasteiger partial charge in [-0.3, -0.25) is 4.79 Å². The van der Waals surface area contributed by atoms with Gasteiger partial charge in [0.25, 0.3) is 5.56 Å². The Bertz CT molecular complexity index is 539. The smallest absolute Gasteiger partial charge is 0.287 e. The third-order valence-corrected chi connectivity index (χ3v) is 3.63. The normalized spacial score (nSPS) is 11.5. The van der Waals surface area contributed by atoms with E-state index >= 15 is 0 Å². The molecule has 2 N–H and O–H groups in total. The van der Waals surface area contributed by atoms with E-state index in [0.29, 0.717) is 18.8 Å². The zero-order valence-electron chi connectivity index (χ0n) is 13.1. The number of anilines is 1. The maximum Gasteiger partial charge on any atom is 0.287 e. The first-order valence-electron chi connectivity index (χ1n) is 7.17. The van der Waals surface area contributed by atoms with Crippen LogP contribution in [-0.4, -0.2) is 29.4 Å². The molecular weight excluding hydrogens is 288 g/mol. The number of allylic oxidation sites excluding steroid dienone is 1. The minimum absolute atomic E-state index is 0.0610. The van der Waals surface area contributed by atoms with Gasteiger partial charge in [0.2, 0.25) is 0 Å². The highest BCUT2D eigenvalue weighted by Gasteiger charge is 2.23. The molecule has 118 valence electrons. The van der Waals surface area contributed by atoms with Crippen molar-refractivity contribution in [2.45, 2.75) is 33.7 Å². The Morgan fingerprint density at radius 2 is 2.24 bits per heavy atom. The number of rotatable bonds is 8. The molecule has 0 spiro atoms. The maximum absolute atomic E-state index is 12.2. The van der Waals surface area contributed by atoms with Crippen LogP contribution in [0.1, 0.15) is 27.2 Å². The summed E-state index contributed by atoms with van der Waals surface area (Å²) in [5.41, 5.74) is 6.13. The molecule has 0 bridgehead atoms. The van der Waals surface area contributed by atoms with Crippen LogP contribution in [-0.2, 0) is 6.54 Å². The second-order valence-corrected chi connectivity index (χ2v) is 6.29. The molecule has 0 aliphatic carbocycles. The van der Waals surface area contributed by atoms with Crippen molar-refractivity contribution in [2.75, 3.05) is 24.5 Å². The Morgan fingerprint density at radius 3 is 2.76 bits per heavy atom. The summed E-state index contributed by atoms with van der Waals surface area (Å²) in [5, 5.41) is 4.37. The van der Waals surface area contributed by atoms with Crippen molar-refractivity contribution < 1.29 is 0 Å². The molecule has 0 aromatic carbocycles. The van der Waals surface area contributed by atoms with Crippen LogP contribution in [0.5, 0.6) is 0 Å². The molecule has 0 fully saturated rings. The summed E-state index contributed by atoms with van der Waals surface area (Å²) >= 11 is 6.26. The van der Waals surface area contributed by atoms with Crippen molar-refractivity contribution in [3.8, 4) is 0 Å². The van der Waals surface area contributed by atoms with Gasteiger partial charge in [-0.05, 0) is 18.4 Å². The number of hydrogen-bond donors (Lipinski definition) is 1. The van der Waals surface area contributed by atoms with Gasteiger partial charge in [-0.2, -0.15) is 5.10 Å². The Balaban J connectivity index is 3.17. The van der Waals surface area contributed by atoms with Crippen molar-refractivity contribution in [3.63, 3.8) is 0 Å². The van der Waals surface area contributed by atoms with E-state index in [1.807, 2.05) is 0 Å². The van der Waals surface area contributed by atoms with Crippen molar-refractivity contribution in [2.24, 2.45) is 11.1 Å². The summed E-state index contributed by atoms with van der Waals surface area (Å²) in [6.45, 7) is 12.3. The van der Waals surface area contributed by atoms with E-state index in [1.165, 1.54) is 4.68 Å². The lowest BCUT2D eigenvalue weighted by Crippen LogP contribution is -2.40. The molecule has 6 heteroatoms. The minimum atomic E-state index is -0.291. The van der Waals surface area contributed by atoms with E-state index in [0.717, 1.165) is 19.5 Å². The molecule has 5 nitrogen and oxygen atoms in total. The second-order valence-electron chi connectivity index (χ2n) is 5.91. The molecule has 1 rings (SSSR count). The quantitative estimate of drug-likeness (QED) is 0.748. The fourth-order valence-corrected chi connectivity index (χ4v) is 2.33. The Hall–Kier alpha value is -1.33. The molecule has 0 saturated heterocycles. The second kappa shape index (κ2) is 7.61. The van der Waals surface area contributed by atoms with Crippen molar-refractivity contribution in [1.82, 2.24) is 9.78 Å². The van der Waals surface area contributed by atoms with Gasteiger partial charge >= 0.3 is 0 Å². The molecule has 0 unspecified atom stereocenters. The van der Waals surface area contributed by atoms with Crippen LogP contribution in [0.2, 0.25) is 5.02 Å². The minimum Gasteiger partial charge on any atom is -0.368 e. The molecular formula is C15H25ClN4O. The molecule has 1 heterocycles. The highest BCUT2D eigenvalue weighted by atomic mass is 35.5. The van der Waals surface area contributed by atoms with Crippen LogP contribution in [0.15, 0.2) is 23.6 Å². The first kappa shape index (κ1) is 17.7. The van der Waals surface area contributed by atoms with Crippen molar-refractivity contribution in [1.29, 1.82) is 0 Å². The number of halogens is 1. The van der Waals surface area contributed by atoms with Crippen LogP contribution in [0.3, 0.4) is 0 Å². The fourth-order valence-electron chi connectivity index (χ4n) is 2.06. The van der Waals surface area contributed by atoms with Gasteiger partial charge in [-0.25, -0.2) is 4.68 Å². The van der Waals surface area contributed by atoms with E-state index in [9.17, 15) is 4.79 Å². The standard InChI is InChI=1S/C15H25ClN4O/c1-5-7-19(11-15(3,4)10-17)12-9-18-20(8-6-2)14(21)13(12)16/h6,9H,2,5,7-8,10-11,17H2,1,3-4H3. The zero-order chi connectivity index (χ0) is 16.0. The van der Waals surface area contributed by atoms with Gasteiger partial charge in [-0.1, -0.05) is 38.4 Å². The molecule has 0 radical (unpaired) electrons. The summed E-state index contributed by atoms with van der Waals surface area (Å²) in [6.07, 6.45) is 4.22. The number of nitrogens with zero attached hydrogens (tertiary/aromatic N) is 3. The Kier molecular flexibility index (Phi) is 6.42. The average molecular weight is 313 g/mol. The first-order chi connectivity index (χ1) is 9.86. The molecule has 0 amide bonds. The van der Waals surface area contributed by atoms with Crippen LogP contribution in [0.4, 0.5) is 5.69 Å². The molecule has 0 atom stereocenters. The van der Waals surface area contributed by atoms with E-state index < -0.39 is 0 Å². The predicted octanol–water partition coefficient (Wildman–Crippen LogP) is 2.28.